The number of imidazole rings is 1. The first-order valence-corrected chi connectivity index (χ1v) is 8.47. The van der Waals surface area contributed by atoms with Gasteiger partial charge in [0, 0.05) is 19.8 Å². The summed E-state index contributed by atoms with van der Waals surface area (Å²) in [6, 6.07) is 19.2. The number of rotatable bonds is 4. The fraction of sp³-hybridized carbons (Fsp3) is 0.100. The van der Waals surface area contributed by atoms with Gasteiger partial charge in [-0.1, -0.05) is 36.4 Å². The molecule has 0 saturated carbocycles. The minimum Gasteiger partial charge on any atom is -0.369 e. The van der Waals surface area contributed by atoms with E-state index in [1.807, 2.05) is 74.8 Å². The van der Waals surface area contributed by atoms with E-state index < -0.39 is 0 Å². The van der Waals surface area contributed by atoms with Gasteiger partial charge >= 0.3 is 5.56 Å². The molecule has 0 aliphatic heterocycles. The number of aromatic nitrogens is 4. The van der Waals surface area contributed by atoms with Gasteiger partial charge in [-0.2, -0.15) is 4.98 Å². The third-order valence-electron chi connectivity index (χ3n) is 4.02. The van der Waals surface area contributed by atoms with Crippen LogP contribution in [0.1, 0.15) is 0 Å². The Kier molecular flexibility index (Phi) is 4.25. The van der Waals surface area contributed by atoms with Crippen molar-refractivity contribution in [1.82, 2.24) is 24.0 Å². The SMILES string of the molecule is CN(C)/C=N/c1nc(=O)c2c(ncn2-c2ccccc2)n1-c1ccccc1. The monoisotopic (exact) mass is 358 g/mol. The first kappa shape index (κ1) is 16.7. The zero-order valence-electron chi connectivity index (χ0n) is 15.0. The van der Waals surface area contributed by atoms with E-state index >= 15 is 0 Å². The molecule has 0 spiro atoms. The summed E-state index contributed by atoms with van der Waals surface area (Å²) in [6.07, 6.45) is 3.25. The maximum atomic E-state index is 12.8. The maximum absolute atomic E-state index is 12.8. The fourth-order valence-corrected chi connectivity index (χ4v) is 2.84. The molecule has 0 amide bonds. The van der Waals surface area contributed by atoms with Crippen LogP contribution in [0.3, 0.4) is 0 Å². The van der Waals surface area contributed by atoms with Crippen molar-refractivity contribution < 1.29 is 0 Å². The number of fused-ring (bicyclic) bond motifs is 1. The van der Waals surface area contributed by atoms with E-state index in [4.69, 9.17) is 0 Å². The molecular weight excluding hydrogens is 340 g/mol. The van der Waals surface area contributed by atoms with Crippen LogP contribution in [0.4, 0.5) is 5.95 Å². The molecule has 0 bridgehead atoms. The van der Waals surface area contributed by atoms with Crippen LogP contribution in [0.15, 0.2) is 76.8 Å². The van der Waals surface area contributed by atoms with Crippen LogP contribution in [-0.4, -0.2) is 44.4 Å². The highest BCUT2D eigenvalue weighted by Gasteiger charge is 2.17. The summed E-state index contributed by atoms with van der Waals surface area (Å²) >= 11 is 0. The van der Waals surface area contributed by atoms with Crippen LogP contribution in [0.2, 0.25) is 0 Å². The minimum atomic E-state index is -0.371. The summed E-state index contributed by atoms with van der Waals surface area (Å²) in [5.41, 5.74) is 2.23. The van der Waals surface area contributed by atoms with Crippen molar-refractivity contribution in [3.63, 3.8) is 0 Å². The van der Waals surface area contributed by atoms with Crippen LogP contribution in [0, 0.1) is 0 Å². The molecule has 0 fully saturated rings. The number of nitrogens with zero attached hydrogens (tertiary/aromatic N) is 6. The Hall–Kier alpha value is -3.74. The van der Waals surface area contributed by atoms with E-state index in [-0.39, 0.29) is 11.5 Å². The lowest BCUT2D eigenvalue weighted by atomic mass is 10.3. The van der Waals surface area contributed by atoms with Gasteiger partial charge in [0.05, 0.1) is 12.0 Å². The molecular formula is C20H18N6O. The first-order chi connectivity index (χ1) is 13.1. The standard InChI is InChI=1S/C20H18N6O/c1-24(2)13-22-20-23-19(27)17-18(26(20)16-11-7-4-8-12-16)21-14-25(17)15-9-5-3-6-10-15/h3-14H,1-2H3/b22-13+. The summed E-state index contributed by atoms with van der Waals surface area (Å²) < 4.78 is 3.54. The topological polar surface area (TPSA) is 68.3 Å². The molecule has 4 aromatic rings. The van der Waals surface area contributed by atoms with E-state index in [2.05, 4.69) is 15.0 Å². The van der Waals surface area contributed by atoms with Crippen molar-refractivity contribution in [3.05, 3.63) is 77.3 Å². The van der Waals surface area contributed by atoms with Gasteiger partial charge in [0.25, 0.3) is 0 Å². The quantitative estimate of drug-likeness (QED) is 0.416. The van der Waals surface area contributed by atoms with Crippen LogP contribution < -0.4 is 5.56 Å². The summed E-state index contributed by atoms with van der Waals surface area (Å²) in [5.74, 6) is 0.283. The Balaban J connectivity index is 2.05. The Morgan fingerprint density at radius 2 is 1.59 bits per heavy atom. The van der Waals surface area contributed by atoms with Crippen LogP contribution in [0.5, 0.6) is 0 Å². The molecule has 7 heteroatoms. The summed E-state index contributed by atoms with van der Waals surface area (Å²) in [6.45, 7) is 0. The highest BCUT2D eigenvalue weighted by molar-refractivity contribution is 5.77. The van der Waals surface area contributed by atoms with Crippen molar-refractivity contribution in [3.8, 4) is 11.4 Å². The molecule has 0 aliphatic rings. The van der Waals surface area contributed by atoms with Gasteiger partial charge in [-0.25, -0.2) is 9.98 Å². The number of para-hydroxylation sites is 2. The Morgan fingerprint density at radius 1 is 0.963 bits per heavy atom. The highest BCUT2D eigenvalue weighted by atomic mass is 16.1. The molecule has 2 aromatic carbocycles. The van der Waals surface area contributed by atoms with Crippen molar-refractivity contribution in [2.75, 3.05) is 14.1 Å². The highest BCUT2D eigenvalue weighted by Crippen LogP contribution is 2.23. The average Bonchev–Trinajstić information content (AvgIpc) is 3.13. The first-order valence-electron chi connectivity index (χ1n) is 8.47. The molecule has 134 valence electrons. The van der Waals surface area contributed by atoms with Gasteiger partial charge in [-0.15, -0.1) is 0 Å². The largest absolute Gasteiger partial charge is 0.369 e. The van der Waals surface area contributed by atoms with Gasteiger partial charge in [0.1, 0.15) is 6.33 Å². The minimum absolute atomic E-state index is 0.283. The molecule has 7 nitrogen and oxygen atoms in total. The Bertz CT molecular complexity index is 1160. The second-order valence-electron chi connectivity index (χ2n) is 6.22. The number of hydrogen-bond acceptors (Lipinski definition) is 4. The maximum Gasteiger partial charge on any atom is 0.301 e. The van der Waals surface area contributed by atoms with E-state index in [0.717, 1.165) is 11.4 Å². The predicted octanol–water partition coefficient (Wildman–Crippen LogP) is 2.79. The number of hydrogen-bond donors (Lipinski definition) is 0. The van der Waals surface area contributed by atoms with E-state index in [1.165, 1.54) is 0 Å². The molecule has 0 saturated heterocycles. The van der Waals surface area contributed by atoms with Crippen LogP contribution in [-0.2, 0) is 0 Å². The normalized spacial score (nSPS) is 11.3. The molecule has 0 aliphatic carbocycles. The molecule has 0 radical (unpaired) electrons. The Labute approximate surface area is 155 Å². The zero-order chi connectivity index (χ0) is 18.8. The van der Waals surface area contributed by atoms with Gasteiger partial charge in [0.2, 0.25) is 5.95 Å². The second-order valence-corrected chi connectivity index (χ2v) is 6.22. The Morgan fingerprint density at radius 3 is 2.22 bits per heavy atom. The third kappa shape index (κ3) is 3.10. The van der Waals surface area contributed by atoms with Crippen LogP contribution >= 0.6 is 0 Å². The lowest BCUT2D eigenvalue weighted by molar-refractivity contribution is 0.642. The van der Waals surface area contributed by atoms with Gasteiger partial charge in [-0.05, 0) is 24.3 Å². The second kappa shape index (κ2) is 6.87. The average molecular weight is 358 g/mol. The van der Waals surface area contributed by atoms with Crippen molar-refractivity contribution in [1.29, 1.82) is 0 Å². The fourth-order valence-electron chi connectivity index (χ4n) is 2.84. The van der Waals surface area contributed by atoms with E-state index in [0.29, 0.717) is 11.2 Å². The number of benzene rings is 2. The van der Waals surface area contributed by atoms with Gasteiger partial charge in [-0.3, -0.25) is 13.9 Å². The summed E-state index contributed by atoms with van der Waals surface area (Å²) in [7, 11) is 3.72. The van der Waals surface area contributed by atoms with Crippen molar-refractivity contribution in [2.45, 2.75) is 0 Å². The molecule has 2 heterocycles. The van der Waals surface area contributed by atoms with Crippen molar-refractivity contribution >= 4 is 23.5 Å². The van der Waals surface area contributed by atoms with Crippen LogP contribution in [0.25, 0.3) is 22.5 Å². The van der Waals surface area contributed by atoms with Gasteiger partial charge in [0.15, 0.2) is 11.2 Å². The van der Waals surface area contributed by atoms with Gasteiger partial charge < -0.3 is 4.90 Å². The molecule has 27 heavy (non-hydrogen) atoms. The lowest BCUT2D eigenvalue weighted by Crippen LogP contribution is -2.16. The molecule has 0 N–H and O–H groups in total. The van der Waals surface area contributed by atoms with Crippen molar-refractivity contribution in [2.24, 2.45) is 4.99 Å². The smallest absolute Gasteiger partial charge is 0.301 e. The zero-order valence-corrected chi connectivity index (χ0v) is 15.0. The predicted molar refractivity (Wildman–Crippen MR) is 106 cm³/mol. The molecule has 2 aromatic heterocycles. The third-order valence-corrected chi connectivity index (χ3v) is 4.02. The summed E-state index contributed by atoms with van der Waals surface area (Å²) in [4.78, 5) is 27.7. The van der Waals surface area contributed by atoms with E-state index in [9.17, 15) is 4.79 Å². The molecule has 0 atom stereocenters. The molecule has 0 unspecified atom stereocenters. The lowest BCUT2D eigenvalue weighted by Gasteiger charge is -2.12. The number of aliphatic imine (C=N–C) groups is 1. The molecule has 4 rings (SSSR count). The van der Waals surface area contributed by atoms with E-state index in [1.54, 1.807) is 26.7 Å². The summed E-state index contributed by atoms with van der Waals surface area (Å²) in [5, 5.41) is 0.